The summed E-state index contributed by atoms with van der Waals surface area (Å²) in [4.78, 5) is 4.41. The van der Waals surface area contributed by atoms with Gasteiger partial charge in [-0.25, -0.2) is 21.8 Å². The quantitative estimate of drug-likeness (QED) is 0.297. The minimum absolute atomic E-state index is 0.0944. The van der Waals surface area contributed by atoms with Crippen molar-refractivity contribution in [1.29, 1.82) is 5.26 Å². The molecule has 0 spiro atoms. The number of hydrogen-bond acceptors (Lipinski definition) is 6. The van der Waals surface area contributed by atoms with E-state index < -0.39 is 15.8 Å². The number of halogens is 1. The number of nitriles is 1. The Morgan fingerprint density at radius 1 is 1.12 bits per heavy atom. The van der Waals surface area contributed by atoms with Gasteiger partial charge in [0.15, 0.2) is 11.6 Å². The smallest absolute Gasteiger partial charge is 0.268 e. The van der Waals surface area contributed by atoms with Gasteiger partial charge in [-0.1, -0.05) is 23.8 Å². The van der Waals surface area contributed by atoms with Crippen molar-refractivity contribution < 1.29 is 17.5 Å². The molecule has 2 heterocycles. The molecule has 5 rings (SSSR count). The zero-order valence-electron chi connectivity index (χ0n) is 17.8. The van der Waals surface area contributed by atoms with Crippen molar-refractivity contribution in [2.45, 2.75) is 11.8 Å². The van der Waals surface area contributed by atoms with Crippen LogP contribution in [0.3, 0.4) is 0 Å². The van der Waals surface area contributed by atoms with E-state index in [1.165, 1.54) is 35.7 Å². The lowest BCUT2D eigenvalue weighted by atomic mass is 10.1. The van der Waals surface area contributed by atoms with Crippen molar-refractivity contribution in [3.05, 3.63) is 95.4 Å². The minimum Gasteiger partial charge on any atom is -0.453 e. The summed E-state index contributed by atoms with van der Waals surface area (Å²) >= 11 is 1.28. The Bertz CT molecular complexity index is 1670. The van der Waals surface area contributed by atoms with Gasteiger partial charge < -0.3 is 4.74 Å². The third-order valence-electron chi connectivity index (χ3n) is 5.27. The van der Waals surface area contributed by atoms with Crippen LogP contribution in [0.15, 0.2) is 83.3 Å². The van der Waals surface area contributed by atoms with E-state index in [0.717, 1.165) is 15.6 Å². The predicted octanol–water partition coefficient (Wildman–Crippen LogP) is 6.11. The molecule has 3 aromatic carbocycles. The van der Waals surface area contributed by atoms with Gasteiger partial charge in [0.05, 0.1) is 27.6 Å². The average Bonchev–Trinajstić information content (AvgIpc) is 3.50. The van der Waals surface area contributed by atoms with Crippen LogP contribution in [0.25, 0.3) is 21.5 Å². The number of ether oxygens (including phenoxy) is 1. The molecule has 0 saturated carbocycles. The van der Waals surface area contributed by atoms with Crippen molar-refractivity contribution in [2.75, 3.05) is 0 Å². The molecule has 168 valence electrons. The van der Waals surface area contributed by atoms with Gasteiger partial charge in [-0.2, -0.15) is 5.26 Å². The summed E-state index contributed by atoms with van der Waals surface area (Å²) in [5, 5.41) is 11.9. The molecule has 0 aliphatic heterocycles. The van der Waals surface area contributed by atoms with Gasteiger partial charge >= 0.3 is 0 Å². The predicted molar refractivity (Wildman–Crippen MR) is 128 cm³/mol. The molecular formula is C25H16FN3O3S2. The number of thiazole rings is 1. The first kappa shape index (κ1) is 21.8. The summed E-state index contributed by atoms with van der Waals surface area (Å²) in [6.45, 7) is 1.87. The molecule has 0 aliphatic carbocycles. The largest absolute Gasteiger partial charge is 0.453 e. The fraction of sp³-hybridized carbons (Fsp3) is 0.0400. The highest BCUT2D eigenvalue weighted by Crippen LogP contribution is 2.43. The molecule has 0 fully saturated rings. The monoisotopic (exact) mass is 489 g/mol. The lowest BCUT2D eigenvalue weighted by Gasteiger charge is -2.14. The van der Waals surface area contributed by atoms with Crippen LogP contribution in [-0.2, 0) is 10.0 Å². The molecule has 0 saturated heterocycles. The molecule has 34 heavy (non-hydrogen) atoms. The lowest BCUT2D eigenvalue weighted by Crippen LogP contribution is -2.12. The number of fused-ring (bicyclic) bond motifs is 1. The fourth-order valence-electron chi connectivity index (χ4n) is 3.65. The highest BCUT2D eigenvalue weighted by Gasteiger charge is 2.25. The topological polar surface area (TPSA) is 85.0 Å². The van der Waals surface area contributed by atoms with E-state index in [1.807, 2.05) is 13.0 Å². The molecule has 0 radical (unpaired) electrons. The fourth-order valence-corrected chi connectivity index (χ4v) is 5.68. The van der Waals surface area contributed by atoms with E-state index in [-0.39, 0.29) is 21.9 Å². The molecule has 0 bridgehead atoms. The van der Waals surface area contributed by atoms with Crippen molar-refractivity contribution >= 4 is 32.3 Å². The number of hydrogen-bond donors (Lipinski definition) is 0. The Kier molecular flexibility index (Phi) is 5.40. The first-order chi connectivity index (χ1) is 16.4. The van der Waals surface area contributed by atoms with Crippen LogP contribution in [0.2, 0.25) is 0 Å². The highest BCUT2D eigenvalue weighted by atomic mass is 32.2. The summed E-state index contributed by atoms with van der Waals surface area (Å²) in [5.41, 5.74) is 1.80. The van der Waals surface area contributed by atoms with Crippen molar-refractivity contribution in [2.24, 2.45) is 0 Å². The molecule has 0 N–H and O–H groups in total. The summed E-state index contributed by atoms with van der Waals surface area (Å²) in [6.07, 6.45) is 2.98. The van der Waals surface area contributed by atoms with Gasteiger partial charge in [0.2, 0.25) is 0 Å². The van der Waals surface area contributed by atoms with Gasteiger partial charge in [0.1, 0.15) is 10.8 Å². The maximum absolute atomic E-state index is 15.5. The second kappa shape index (κ2) is 8.41. The number of aryl methyl sites for hydroxylation is 1. The van der Waals surface area contributed by atoms with Crippen LogP contribution in [0.4, 0.5) is 4.39 Å². The minimum atomic E-state index is -3.97. The van der Waals surface area contributed by atoms with Gasteiger partial charge in [-0.05, 0) is 43.3 Å². The van der Waals surface area contributed by atoms with E-state index >= 15 is 4.39 Å². The van der Waals surface area contributed by atoms with E-state index in [0.29, 0.717) is 21.5 Å². The summed E-state index contributed by atoms with van der Waals surface area (Å²) in [6, 6.07) is 17.6. The Hall–Kier alpha value is -4.00. The first-order valence-electron chi connectivity index (χ1n) is 10.1. The molecule has 0 aliphatic rings. The molecule has 6 nitrogen and oxygen atoms in total. The molecule has 0 amide bonds. The third-order valence-corrected chi connectivity index (χ3v) is 7.77. The summed E-state index contributed by atoms with van der Waals surface area (Å²) in [5.74, 6) is -0.566. The van der Waals surface area contributed by atoms with Crippen LogP contribution < -0.4 is 4.74 Å². The SMILES string of the molecule is Cc1ccc(S(=O)(=O)n2ccc3c(-c4nccs4)c(Oc4cccc(C#N)c4)c(F)cc32)cc1. The maximum Gasteiger partial charge on any atom is 0.268 e. The number of benzene rings is 3. The lowest BCUT2D eigenvalue weighted by molar-refractivity contribution is 0.445. The van der Waals surface area contributed by atoms with Gasteiger partial charge in [-0.15, -0.1) is 11.3 Å². The van der Waals surface area contributed by atoms with Gasteiger partial charge in [-0.3, -0.25) is 0 Å². The molecule has 5 aromatic rings. The Morgan fingerprint density at radius 2 is 1.91 bits per heavy atom. The third kappa shape index (κ3) is 3.73. The second-order valence-corrected chi connectivity index (χ2v) is 10.2. The highest BCUT2D eigenvalue weighted by molar-refractivity contribution is 7.90. The normalized spacial score (nSPS) is 11.4. The zero-order chi connectivity index (χ0) is 23.9. The molecule has 0 unspecified atom stereocenters. The first-order valence-corrected chi connectivity index (χ1v) is 12.4. The van der Waals surface area contributed by atoms with Crippen LogP contribution in [0.5, 0.6) is 11.5 Å². The Morgan fingerprint density at radius 3 is 2.62 bits per heavy atom. The second-order valence-electron chi connectivity index (χ2n) is 7.50. The van der Waals surface area contributed by atoms with Crippen molar-refractivity contribution in [3.63, 3.8) is 0 Å². The number of rotatable bonds is 5. The number of aromatic nitrogens is 2. The molecule has 0 atom stereocenters. The van der Waals surface area contributed by atoms with E-state index in [9.17, 15) is 8.42 Å². The van der Waals surface area contributed by atoms with Crippen LogP contribution in [0.1, 0.15) is 11.1 Å². The van der Waals surface area contributed by atoms with Crippen LogP contribution in [0, 0.1) is 24.1 Å². The van der Waals surface area contributed by atoms with E-state index in [4.69, 9.17) is 10.00 Å². The van der Waals surface area contributed by atoms with Crippen molar-refractivity contribution in [3.8, 4) is 28.1 Å². The maximum atomic E-state index is 15.5. The average molecular weight is 490 g/mol. The van der Waals surface area contributed by atoms with Gasteiger partial charge in [0.25, 0.3) is 10.0 Å². The van der Waals surface area contributed by atoms with Crippen molar-refractivity contribution in [1.82, 2.24) is 8.96 Å². The van der Waals surface area contributed by atoms with Crippen LogP contribution >= 0.6 is 11.3 Å². The van der Waals surface area contributed by atoms with Crippen LogP contribution in [-0.4, -0.2) is 17.4 Å². The van der Waals surface area contributed by atoms with E-state index in [1.54, 1.807) is 48.0 Å². The standard InChI is InChI=1S/C25H16FN3O3S2/c1-16-5-7-19(8-6-16)34(30,31)29-11-9-20-22(29)14-21(26)24(23(20)25-28-10-12-33-25)32-18-4-2-3-17(13-18)15-27/h2-14H,1H3. The summed E-state index contributed by atoms with van der Waals surface area (Å²) < 4.78 is 49.2. The van der Waals surface area contributed by atoms with Gasteiger partial charge in [0, 0.05) is 29.2 Å². The molecule has 9 heteroatoms. The molecular weight excluding hydrogens is 473 g/mol. The Labute approximate surface area is 199 Å². The van der Waals surface area contributed by atoms with E-state index in [2.05, 4.69) is 4.98 Å². The zero-order valence-corrected chi connectivity index (χ0v) is 19.4. The Balaban J connectivity index is 1.73. The summed E-state index contributed by atoms with van der Waals surface area (Å²) in [7, 11) is -3.97. The molecule has 2 aromatic heterocycles. The number of nitrogens with zero attached hydrogens (tertiary/aromatic N) is 3.